The van der Waals surface area contributed by atoms with Crippen molar-refractivity contribution >= 4 is 20.0 Å². The van der Waals surface area contributed by atoms with Gasteiger partial charge in [-0.25, -0.2) is 0 Å². The van der Waals surface area contributed by atoms with Crippen molar-refractivity contribution in [1.29, 1.82) is 0 Å². The molecule has 0 aliphatic rings. The van der Waals surface area contributed by atoms with E-state index in [1.807, 2.05) is 21.1 Å². The smallest absolute Gasteiger partial charge is 0.769 e. The summed E-state index contributed by atoms with van der Waals surface area (Å²) in [6.45, 7) is 0.843. The average molecular weight is 220 g/mol. The van der Waals surface area contributed by atoms with Gasteiger partial charge in [-0.05, 0) is 20.0 Å². The molecule has 0 fully saturated rings. The fourth-order valence-corrected chi connectivity index (χ4v) is 1.55. The number of hydrogen-bond donors (Lipinski definition) is 0. The number of quaternary nitrogens is 1. The van der Waals surface area contributed by atoms with E-state index in [9.17, 15) is 8.76 Å². The predicted octanol–water partition coefficient (Wildman–Crippen LogP) is -3.04. The monoisotopic (exact) mass is 220 g/mol. The molecule has 68 valence electrons. The van der Waals surface area contributed by atoms with Crippen LogP contribution in [0.25, 0.3) is 0 Å². The van der Waals surface area contributed by atoms with Crippen molar-refractivity contribution in [3.63, 3.8) is 0 Å². The second-order valence-corrected chi connectivity index (χ2v) is 6.68. The van der Waals surface area contributed by atoms with E-state index < -0.39 is 8.77 Å². The Balaban J connectivity index is 0. The molecule has 0 amide bonds. The summed E-state index contributed by atoms with van der Waals surface area (Å²) in [6.07, 6.45) is 0.648. The minimum Gasteiger partial charge on any atom is -0.769 e. The Morgan fingerprint density at radius 1 is 1.42 bits per heavy atom. The Labute approximate surface area is 102 Å². The topological polar surface area (TPSA) is 40.1 Å². The largest absolute Gasteiger partial charge is 1.00 e. The second-order valence-electron chi connectivity index (χ2n) is 3.63. The molecule has 0 bridgehead atoms. The summed E-state index contributed by atoms with van der Waals surface area (Å²) in [5, 5.41) is 0. The first-order valence-electron chi connectivity index (χ1n) is 3.45. The first kappa shape index (κ1) is 15.7. The maximum absolute atomic E-state index is 10.5. The molecule has 0 spiro atoms. The van der Waals surface area contributed by atoms with Crippen LogP contribution in [0.3, 0.4) is 0 Å². The van der Waals surface area contributed by atoms with E-state index in [4.69, 9.17) is 0 Å². The van der Waals surface area contributed by atoms with Crippen LogP contribution in [0, 0.1) is 0 Å². The van der Waals surface area contributed by atoms with Crippen LogP contribution in [-0.4, -0.2) is 46.7 Å². The van der Waals surface area contributed by atoms with Gasteiger partial charge in [-0.1, -0.05) is 0 Å². The molecule has 12 heavy (non-hydrogen) atoms. The van der Waals surface area contributed by atoms with Gasteiger partial charge in [0.15, 0.2) is 0 Å². The van der Waals surface area contributed by atoms with Crippen LogP contribution in [0.1, 0.15) is 6.42 Å². The van der Waals surface area contributed by atoms with Crippen LogP contribution in [0.15, 0.2) is 0 Å². The first-order valence-corrected chi connectivity index (χ1v) is 6.02. The third kappa shape index (κ3) is 13.9. The van der Waals surface area contributed by atoms with Crippen molar-refractivity contribution < 1.29 is 42.8 Å². The molecule has 0 aromatic carbocycles. The summed E-state index contributed by atoms with van der Waals surface area (Å²) >= 11 is 4.24. The Morgan fingerprint density at radius 2 is 1.83 bits per heavy atom. The molecule has 0 radical (unpaired) electrons. The zero-order chi connectivity index (χ0) is 9.12. The molecule has 6 heteroatoms. The van der Waals surface area contributed by atoms with Gasteiger partial charge < -0.3 is 9.04 Å². The van der Waals surface area contributed by atoms with Gasteiger partial charge >= 0.3 is 29.6 Å². The predicted molar refractivity (Wildman–Crippen MR) is 48.7 cm³/mol. The minimum absolute atomic E-state index is 0. The summed E-state index contributed by atoms with van der Waals surface area (Å²) in [7, 11) is 2.90. The molecule has 0 aromatic rings. The molecule has 3 nitrogen and oxygen atoms in total. The van der Waals surface area contributed by atoms with Crippen LogP contribution < -0.4 is 29.6 Å². The van der Waals surface area contributed by atoms with Crippen molar-refractivity contribution in [2.24, 2.45) is 0 Å². The van der Waals surface area contributed by atoms with Gasteiger partial charge in [0.25, 0.3) is 0 Å². The number of rotatable bonds is 4. The normalized spacial score (nSPS) is 16.3. The van der Waals surface area contributed by atoms with E-state index in [2.05, 4.69) is 11.2 Å². The van der Waals surface area contributed by atoms with Gasteiger partial charge in [-0.15, -0.1) is 0 Å². The van der Waals surface area contributed by atoms with Crippen LogP contribution in [0.4, 0.5) is 0 Å². The van der Waals surface area contributed by atoms with Crippen LogP contribution >= 0.6 is 0 Å². The van der Waals surface area contributed by atoms with Gasteiger partial charge in [0.1, 0.15) is 0 Å². The maximum atomic E-state index is 10.5. The van der Waals surface area contributed by atoms with E-state index >= 15 is 0 Å². The summed E-state index contributed by atoms with van der Waals surface area (Å²) in [5.41, 5.74) is 0. The molecule has 0 saturated carbocycles. The van der Waals surface area contributed by atoms with Crippen molar-refractivity contribution in [3.8, 4) is 0 Å². The van der Waals surface area contributed by atoms with Gasteiger partial charge in [0.05, 0.1) is 27.7 Å². The molecule has 0 saturated heterocycles. The minimum atomic E-state index is -3.17. The van der Waals surface area contributed by atoms with Gasteiger partial charge in [0.2, 0.25) is 0 Å². The zero-order valence-electron chi connectivity index (χ0n) is 8.20. The van der Waals surface area contributed by atoms with E-state index in [0.717, 1.165) is 11.0 Å². The van der Waals surface area contributed by atoms with Gasteiger partial charge in [-0.2, -0.15) is 0 Å². The quantitative estimate of drug-likeness (QED) is 0.374. The summed E-state index contributed by atoms with van der Waals surface area (Å²) in [5.74, 6) is 0.123. The van der Waals surface area contributed by atoms with Crippen LogP contribution in [0.5, 0.6) is 0 Å². The van der Waals surface area contributed by atoms with Crippen molar-refractivity contribution in [3.05, 3.63) is 0 Å². The first-order chi connectivity index (χ1) is 4.71. The fraction of sp³-hybridized carbons (Fsp3) is 1.00. The third-order valence-corrected chi connectivity index (χ3v) is 2.51. The maximum Gasteiger partial charge on any atom is 1.00 e. The molecular formula is C6H15NNaO2S2+. The molecule has 0 heterocycles. The molecule has 0 aliphatic carbocycles. The fourth-order valence-electron chi connectivity index (χ4n) is 0.716. The number of hydrogen-bond acceptors (Lipinski definition) is 3. The second kappa shape index (κ2) is 5.90. The Morgan fingerprint density at radius 3 is 2.08 bits per heavy atom. The average Bonchev–Trinajstić information content (AvgIpc) is 1.55. The van der Waals surface area contributed by atoms with Crippen molar-refractivity contribution in [1.82, 2.24) is 0 Å². The number of nitrogens with zero attached hydrogens (tertiary/aromatic N) is 1. The Kier molecular flexibility index (Phi) is 7.75. The Bertz CT molecular complexity index is 208. The van der Waals surface area contributed by atoms with E-state index in [-0.39, 0.29) is 35.3 Å². The zero-order valence-corrected chi connectivity index (χ0v) is 11.8. The summed E-state index contributed by atoms with van der Waals surface area (Å²) in [4.78, 5) is 0. The van der Waals surface area contributed by atoms with Gasteiger partial charge in [-0.3, -0.25) is 4.21 Å². The third-order valence-electron chi connectivity index (χ3n) is 1.22. The van der Waals surface area contributed by atoms with Crippen molar-refractivity contribution in [2.75, 3.05) is 33.4 Å². The van der Waals surface area contributed by atoms with Gasteiger partial charge in [0, 0.05) is 12.2 Å². The van der Waals surface area contributed by atoms with E-state index in [0.29, 0.717) is 6.42 Å². The standard InChI is InChI=1S/C6H15NO2S2.Na/c1-7(2,3)5-4-6-11(8,9)10;/h4-6H2,1-3H3;/q;+1. The molecule has 0 rings (SSSR count). The Hall–Kier alpha value is 1.29. The van der Waals surface area contributed by atoms with Crippen LogP contribution in [-0.2, 0) is 20.0 Å². The molecule has 1 unspecified atom stereocenters. The molecule has 0 aromatic heterocycles. The van der Waals surface area contributed by atoms with Crippen LogP contribution in [0.2, 0.25) is 0 Å². The summed E-state index contributed by atoms with van der Waals surface area (Å²) in [6, 6.07) is 0. The molecule has 1 atom stereocenters. The SMILES string of the molecule is C[N+](C)(C)CCCS(=O)([O-])=S.[Na+]. The molecule has 0 aliphatic heterocycles. The van der Waals surface area contributed by atoms with Crippen molar-refractivity contribution in [2.45, 2.75) is 6.42 Å². The van der Waals surface area contributed by atoms with E-state index in [1.54, 1.807) is 0 Å². The molecule has 0 N–H and O–H groups in total. The summed E-state index contributed by atoms with van der Waals surface area (Å²) < 4.78 is 21.8. The molecular weight excluding hydrogens is 205 g/mol. The van der Waals surface area contributed by atoms with E-state index in [1.165, 1.54) is 0 Å².